The van der Waals surface area contributed by atoms with E-state index in [1.54, 1.807) is 0 Å². The fraction of sp³-hybridized carbons (Fsp3) is 0.941. The molecule has 0 heterocycles. The Morgan fingerprint density at radius 2 is 0.667 bits per heavy atom. The number of rotatable bonds is 29. The van der Waals surface area contributed by atoms with Gasteiger partial charge in [-0.1, -0.05) is 129 Å². The first kappa shape index (κ1) is 45.9. The smallest absolute Gasteiger partial charge is 0.361 e. The van der Waals surface area contributed by atoms with Gasteiger partial charge in [-0.05, 0) is 12.8 Å². The predicted octanol–water partition coefficient (Wildman–Crippen LogP) is 2.08. The second-order valence-corrected chi connectivity index (χ2v) is 13.4. The van der Waals surface area contributed by atoms with E-state index in [4.69, 9.17) is 9.47 Å². The normalized spacial score (nSPS) is 11.5. The molecule has 0 atom stereocenters. The molecule has 0 rings (SSSR count). The zero-order chi connectivity index (χ0) is 30.0. The maximum Gasteiger partial charge on any atom is 0.361 e. The minimum atomic E-state index is -0.123. The second kappa shape index (κ2) is 30.5. The summed E-state index contributed by atoms with van der Waals surface area (Å²) in [6.07, 6.45) is 25.5. The van der Waals surface area contributed by atoms with Gasteiger partial charge in [0, 0.05) is 0 Å². The van der Waals surface area contributed by atoms with Crippen LogP contribution in [0.1, 0.15) is 142 Å². The van der Waals surface area contributed by atoms with E-state index in [0.717, 1.165) is 38.8 Å². The molecule has 0 N–H and O–H groups in total. The molecular weight excluding hydrogens is 571 g/mol. The molecule has 0 radical (unpaired) electrons. The van der Waals surface area contributed by atoms with Gasteiger partial charge in [0.2, 0.25) is 0 Å². The Kier molecular flexibility index (Phi) is 33.3. The number of hydrogen-bond donors (Lipinski definition) is 0. The number of esters is 2. The molecule has 42 heavy (non-hydrogen) atoms. The number of hydrogen-bond acceptors (Lipinski definition) is 4. The summed E-state index contributed by atoms with van der Waals surface area (Å²) in [5.41, 5.74) is 0. The molecule has 254 valence electrons. The SMILES string of the molecule is CCCCCCCCCCCCOC(=O)C[N+](C)(C)CC[N+](C)(C)CC(=O)OCCCCCCCCCCCC.[Cl-].[Cl-]. The monoisotopic (exact) mass is 640 g/mol. The molecule has 0 saturated heterocycles. The van der Waals surface area contributed by atoms with E-state index >= 15 is 0 Å². The van der Waals surface area contributed by atoms with Crippen molar-refractivity contribution in [2.75, 3.05) is 67.6 Å². The number of quaternary nitrogens is 2. The van der Waals surface area contributed by atoms with Gasteiger partial charge in [0.25, 0.3) is 0 Å². The Labute approximate surface area is 274 Å². The average molecular weight is 642 g/mol. The Morgan fingerprint density at radius 1 is 0.429 bits per heavy atom. The lowest BCUT2D eigenvalue weighted by molar-refractivity contribution is -0.939. The molecule has 8 heteroatoms. The first-order valence-corrected chi connectivity index (χ1v) is 17.1. The Bertz CT molecular complexity index is 566. The maximum atomic E-state index is 12.4. The van der Waals surface area contributed by atoms with E-state index in [1.165, 1.54) is 103 Å². The molecule has 0 bridgehead atoms. The van der Waals surface area contributed by atoms with Gasteiger partial charge in [-0.2, -0.15) is 0 Å². The molecule has 0 aromatic rings. The van der Waals surface area contributed by atoms with Crippen LogP contribution in [0, 0.1) is 0 Å². The van der Waals surface area contributed by atoms with Gasteiger partial charge in [-0.15, -0.1) is 0 Å². The number of carbonyl (C=O) groups is 2. The molecule has 0 spiro atoms. The third-order valence-electron chi connectivity index (χ3n) is 7.95. The number of ether oxygens (including phenoxy) is 2. The van der Waals surface area contributed by atoms with Crippen LogP contribution in [0.5, 0.6) is 0 Å². The average Bonchev–Trinajstić information content (AvgIpc) is 2.89. The van der Waals surface area contributed by atoms with E-state index < -0.39 is 0 Å². The van der Waals surface area contributed by atoms with Crippen molar-refractivity contribution in [2.45, 2.75) is 142 Å². The van der Waals surface area contributed by atoms with Crippen molar-refractivity contribution >= 4 is 11.9 Å². The van der Waals surface area contributed by atoms with Crippen molar-refractivity contribution in [3.63, 3.8) is 0 Å². The van der Waals surface area contributed by atoms with Gasteiger partial charge in [0.05, 0.1) is 41.4 Å². The summed E-state index contributed by atoms with van der Waals surface area (Å²) in [5.74, 6) is -0.246. The third kappa shape index (κ3) is 32.4. The molecule has 0 aliphatic heterocycles. The highest BCUT2D eigenvalue weighted by Crippen LogP contribution is 2.12. The van der Waals surface area contributed by atoms with Gasteiger partial charge in [0.15, 0.2) is 13.1 Å². The van der Waals surface area contributed by atoms with E-state index in [2.05, 4.69) is 42.0 Å². The van der Waals surface area contributed by atoms with Gasteiger partial charge in [-0.25, -0.2) is 9.59 Å². The molecule has 0 fully saturated rings. The third-order valence-corrected chi connectivity index (χ3v) is 7.95. The Hall–Kier alpha value is -0.560. The summed E-state index contributed by atoms with van der Waals surface area (Å²) >= 11 is 0. The number of halogens is 2. The molecular formula is C34H70Cl2N2O4. The zero-order valence-corrected chi connectivity index (χ0v) is 30.2. The molecule has 0 aliphatic carbocycles. The lowest BCUT2D eigenvalue weighted by atomic mass is 10.1. The predicted molar refractivity (Wildman–Crippen MR) is 169 cm³/mol. The number of carbonyl (C=O) groups excluding carboxylic acids is 2. The van der Waals surface area contributed by atoms with E-state index in [1.807, 2.05) is 0 Å². The van der Waals surface area contributed by atoms with Crippen LogP contribution in [0.25, 0.3) is 0 Å². The van der Waals surface area contributed by atoms with Crippen molar-refractivity contribution in [1.82, 2.24) is 0 Å². The molecule has 0 aromatic carbocycles. The lowest BCUT2D eigenvalue weighted by Crippen LogP contribution is -3.00. The summed E-state index contributed by atoms with van der Waals surface area (Å²) in [5, 5.41) is 0. The number of likely N-dealkylation sites (N-methyl/N-ethyl adjacent to an activating group) is 2. The van der Waals surface area contributed by atoms with Crippen LogP contribution in [0.2, 0.25) is 0 Å². The van der Waals surface area contributed by atoms with Crippen LogP contribution in [0.15, 0.2) is 0 Å². The summed E-state index contributed by atoms with van der Waals surface area (Å²) < 4.78 is 12.2. The van der Waals surface area contributed by atoms with Crippen LogP contribution in [0.4, 0.5) is 0 Å². The van der Waals surface area contributed by atoms with Crippen LogP contribution in [0.3, 0.4) is 0 Å². The van der Waals surface area contributed by atoms with Crippen molar-refractivity contribution in [3.8, 4) is 0 Å². The molecule has 0 saturated carbocycles. The largest absolute Gasteiger partial charge is 1.00 e. The Balaban J connectivity index is -0.00000760. The van der Waals surface area contributed by atoms with Crippen LogP contribution >= 0.6 is 0 Å². The number of nitrogens with zero attached hydrogens (tertiary/aromatic N) is 2. The molecule has 0 aromatic heterocycles. The standard InChI is InChI=1S/C34H70N2O4.2ClH/c1-7-9-11-13-15-17-19-21-23-25-29-39-33(37)31-35(3,4)27-28-36(5,6)32-34(38)40-30-26-24-22-20-18-16-14-12-10-8-2;;/h7-32H2,1-6H3;2*1H/q+2;;/p-2. The fourth-order valence-corrected chi connectivity index (χ4v) is 5.04. The van der Waals surface area contributed by atoms with Gasteiger partial charge in [0.1, 0.15) is 13.1 Å². The van der Waals surface area contributed by atoms with E-state index in [-0.39, 0.29) is 36.8 Å². The van der Waals surface area contributed by atoms with E-state index in [9.17, 15) is 9.59 Å². The fourth-order valence-electron chi connectivity index (χ4n) is 5.04. The highest BCUT2D eigenvalue weighted by Gasteiger charge is 2.28. The summed E-state index contributed by atoms with van der Waals surface area (Å²) in [6, 6.07) is 0. The summed E-state index contributed by atoms with van der Waals surface area (Å²) in [6.45, 7) is 7.89. The van der Waals surface area contributed by atoms with Crippen molar-refractivity contribution in [2.24, 2.45) is 0 Å². The van der Waals surface area contributed by atoms with Crippen LogP contribution in [-0.4, -0.2) is 88.5 Å². The minimum absolute atomic E-state index is 0. The van der Waals surface area contributed by atoms with Crippen molar-refractivity contribution in [1.29, 1.82) is 0 Å². The van der Waals surface area contributed by atoms with Crippen molar-refractivity contribution in [3.05, 3.63) is 0 Å². The zero-order valence-electron chi connectivity index (χ0n) is 28.7. The lowest BCUT2D eigenvalue weighted by Gasteiger charge is -2.34. The molecule has 0 amide bonds. The first-order chi connectivity index (χ1) is 19.1. The topological polar surface area (TPSA) is 52.6 Å². The first-order valence-electron chi connectivity index (χ1n) is 17.1. The second-order valence-electron chi connectivity index (χ2n) is 13.4. The van der Waals surface area contributed by atoms with Crippen LogP contribution in [-0.2, 0) is 19.1 Å². The van der Waals surface area contributed by atoms with Crippen molar-refractivity contribution < 1.29 is 52.8 Å². The van der Waals surface area contributed by atoms with Gasteiger partial charge < -0.3 is 43.3 Å². The molecule has 0 unspecified atom stereocenters. The summed E-state index contributed by atoms with van der Waals surface area (Å²) in [4.78, 5) is 24.8. The highest BCUT2D eigenvalue weighted by molar-refractivity contribution is 5.70. The van der Waals surface area contributed by atoms with Crippen LogP contribution < -0.4 is 24.8 Å². The number of unbranched alkanes of at least 4 members (excludes halogenated alkanes) is 18. The molecule has 0 aliphatic rings. The summed E-state index contributed by atoms with van der Waals surface area (Å²) in [7, 11) is 8.24. The van der Waals surface area contributed by atoms with E-state index in [0.29, 0.717) is 35.3 Å². The Morgan fingerprint density at radius 3 is 0.929 bits per heavy atom. The van der Waals surface area contributed by atoms with Gasteiger partial charge in [-0.3, -0.25) is 0 Å². The van der Waals surface area contributed by atoms with Gasteiger partial charge >= 0.3 is 11.9 Å². The highest BCUT2D eigenvalue weighted by atomic mass is 35.5. The molecule has 6 nitrogen and oxygen atoms in total. The quantitative estimate of drug-likeness (QED) is 0.0714. The maximum absolute atomic E-state index is 12.4. The minimum Gasteiger partial charge on any atom is -1.00 e.